The van der Waals surface area contributed by atoms with Gasteiger partial charge in [-0.15, -0.1) is 0 Å². The lowest BCUT2D eigenvalue weighted by molar-refractivity contribution is -0.254. The Labute approximate surface area is 207 Å². The molecular formula is C30H50O4. The van der Waals surface area contributed by atoms with Gasteiger partial charge in [0.15, 0.2) is 0 Å². The number of aliphatic hydroxyl groups excluding tert-OH is 2. The molecule has 4 aliphatic carbocycles. The van der Waals surface area contributed by atoms with Crippen molar-refractivity contribution in [3.05, 3.63) is 11.6 Å². The van der Waals surface area contributed by atoms with Crippen LogP contribution < -0.4 is 0 Å². The van der Waals surface area contributed by atoms with Crippen LogP contribution in [0.5, 0.6) is 0 Å². The third kappa shape index (κ3) is 3.44. The van der Waals surface area contributed by atoms with Crippen LogP contribution in [0.1, 0.15) is 107 Å². The van der Waals surface area contributed by atoms with Gasteiger partial charge in [-0.25, -0.2) is 0 Å². The number of rotatable bonds is 4. The van der Waals surface area contributed by atoms with Gasteiger partial charge in [-0.3, -0.25) is 4.79 Å². The first-order valence-electron chi connectivity index (χ1n) is 13.8. The number of hydrogen-bond donors (Lipinski definition) is 3. The van der Waals surface area contributed by atoms with Gasteiger partial charge in [0, 0.05) is 17.3 Å². The van der Waals surface area contributed by atoms with Crippen molar-refractivity contribution in [1.29, 1.82) is 0 Å². The van der Waals surface area contributed by atoms with E-state index in [1.54, 1.807) is 0 Å². The molecule has 0 bridgehead atoms. The molecule has 4 heteroatoms. The molecule has 4 fully saturated rings. The summed E-state index contributed by atoms with van der Waals surface area (Å²) in [6.07, 6.45) is 7.43. The SMILES string of the molecule is CC(C)=CCCC(C)(O)C1CCC2(C)C1C(O)CC1C3(C)C(O)CC(=O)C(C)(C)C3CCC12C. The molecule has 0 aromatic rings. The standard InChI is InChI=1S/C30H50O4/c1-18(2)10-9-13-29(7,34)19-11-14-28(6)25(19)20(31)16-22-27(28,5)15-12-21-26(3,4)23(32)17-24(33)30(21,22)8/h10,19-22,24-25,31,33-34H,9,11-17H2,1-8H3. The van der Waals surface area contributed by atoms with Crippen LogP contribution >= 0.6 is 0 Å². The number of allylic oxidation sites excluding steroid dienone is 2. The molecule has 0 saturated heterocycles. The lowest BCUT2D eigenvalue weighted by Gasteiger charge is -2.70. The Balaban J connectivity index is 1.70. The largest absolute Gasteiger partial charge is 0.393 e. The first-order valence-corrected chi connectivity index (χ1v) is 13.8. The quantitative estimate of drug-likeness (QED) is 0.458. The average Bonchev–Trinajstić information content (AvgIpc) is 3.09. The molecule has 0 aromatic carbocycles. The van der Waals surface area contributed by atoms with Crippen molar-refractivity contribution in [1.82, 2.24) is 0 Å². The molecule has 0 amide bonds. The van der Waals surface area contributed by atoms with E-state index >= 15 is 0 Å². The van der Waals surface area contributed by atoms with E-state index in [4.69, 9.17) is 0 Å². The number of carbonyl (C=O) groups is 1. The molecule has 0 heterocycles. The van der Waals surface area contributed by atoms with Crippen molar-refractivity contribution >= 4 is 5.78 Å². The van der Waals surface area contributed by atoms with Gasteiger partial charge < -0.3 is 15.3 Å². The highest BCUT2D eigenvalue weighted by molar-refractivity contribution is 5.86. The lowest BCUT2D eigenvalue weighted by Crippen LogP contribution is -2.69. The van der Waals surface area contributed by atoms with Gasteiger partial charge >= 0.3 is 0 Å². The molecule has 0 spiro atoms. The summed E-state index contributed by atoms with van der Waals surface area (Å²) < 4.78 is 0. The summed E-state index contributed by atoms with van der Waals surface area (Å²) in [5.74, 6) is 0.610. The summed E-state index contributed by atoms with van der Waals surface area (Å²) in [5.41, 5.74) is -0.492. The van der Waals surface area contributed by atoms with Gasteiger partial charge in [0.25, 0.3) is 0 Å². The Kier molecular flexibility index (Phi) is 6.32. The minimum Gasteiger partial charge on any atom is -0.393 e. The van der Waals surface area contributed by atoms with Crippen LogP contribution in [0.2, 0.25) is 0 Å². The molecular weight excluding hydrogens is 424 g/mol. The van der Waals surface area contributed by atoms with E-state index < -0.39 is 23.2 Å². The third-order valence-electron chi connectivity index (χ3n) is 12.3. The van der Waals surface area contributed by atoms with Crippen molar-refractivity contribution in [2.24, 2.45) is 45.3 Å². The Hall–Kier alpha value is -0.710. The van der Waals surface area contributed by atoms with Crippen molar-refractivity contribution in [3.8, 4) is 0 Å². The fourth-order valence-corrected chi connectivity index (χ4v) is 10.0. The molecule has 10 atom stereocenters. The molecule has 4 aliphatic rings. The number of carbonyl (C=O) groups excluding carboxylic acids is 1. The number of Topliss-reactive ketones (excluding diaryl/α,β-unsaturated/α-hetero) is 1. The average molecular weight is 475 g/mol. The maximum absolute atomic E-state index is 12.9. The van der Waals surface area contributed by atoms with Crippen LogP contribution in [0, 0.1) is 45.3 Å². The highest BCUT2D eigenvalue weighted by Crippen LogP contribution is 2.75. The summed E-state index contributed by atoms with van der Waals surface area (Å²) in [6.45, 7) is 17.3. The first kappa shape index (κ1) is 26.4. The van der Waals surface area contributed by atoms with Crippen molar-refractivity contribution in [2.75, 3.05) is 0 Å². The van der Waals surface area contributed by atoms with Gasteiger partial charge in [0.1, 0.15) is 5.78 Å². The predicted octanol–water partition coefficient (Wildman–Crippen LogP) is 5.68. The molecule has 0 radical (unpaired) electrons. The van der Waals surface area contributed by atoms with Crippen LogP contribution in [0.3, 0.4) is 0 Å². The van der Waals surface area contributed by atoms with E-state index in [0.29, 0.717) is 6.42 Å². The third-order valence-corrected chi connectivity index (χ3v) is 12.3. The minimum atomic E-state index is -0.807. The Morgan fingerprint density at radius 3 is 2.26 bits per heavy atom. The second-order valence-electron chi connectivity index (χ2n) is 14.4. The Bertz CT molecular complexity index is 854. The Morgan fingerprint density at radius 1 is 1.03 bits per heavy atom. The summed E-state index contributed by atoms with van der Waals surface area (Å²) in [7, 11) is 0. The smallest absolute Gasteiger partial charge is 0.141 e. The van der Waals surface area contributed by atoms with E-state index in [1.165, 1.54) is 5.57 Å². The fraction of sp³-hybridized carbons (Fsp3) is 0.900. The number of hydrogen-bond acceptors (Lipinski definition) is 4. The highest BCUT2D eigenvalue weighted by atomic mass is 16.3. The monoisotopic (exact) mass is 474 g/mol. The zero-order valence-corrected chi connectivity index (χ0v) is 22.9. The molecule has 4 saturated carbocycles. The summed E-state index contributed by atoms with van der Waals surface area (Å²) in [5, 5.41) is 34.8. The first-order chi connectivity index (χ1) is 15.5. The van der Waals surface area contributed by atoms with Gasteiger partial charge in [0.05, 0.1) is 17.8 Å². The lowest BCUT2D eigenvalue weighted by atomic mass is 9.34. The zero-order chi connectivity index (χ0) is 25.5. The van der Waals surface area contributed by atoms with Crippen LogP contribution in [-0.2, 0) is 4.79 Å². The van der Waals surface area contributed by atoms with E-state index in [9.17, 15) is 20.1 Å². The highest BCUT2D eigenvalue weighted by Gasteiger charge is 2.72. The summed E-state index contributed by atoms with van der Waals surface area (Å²) in [6, 6.07) is 0. The molecule has 0 aliphatic heterocycles. The van der Waals surface area contributed by atoms with Crippen LogP contribution in [0.25, 0.3) is 0 Å². The van der Waals surface area contributed by atoms with Gasteiger partial charge in [-0.05, 0) is 100 Å². The molecule has 4 rings (SSSR count). The van der Waals surface area contributed by atoms with E-state index in [1.807, 2.05) is 6.92 Å². The molecule has 194 valence electrons. The number of ketones is 1. The summed E-state index contributed by atoms with van der Waals surface area (Å²) in [4.78, 5) is 12.9. The summed E-state index contributed by atoms with van der Waals surface area (Å²) >= 11 is 0. The molecule has 3 N–H and O–H groups in total. The maximum Gasteiger partial charge on any atom is 0.141 e. The van der Waals surface area contributed by atoms with Crippen LogP contribution in [0.4, 0.5) is 0 Å². The number of aliphatic hydroxyl groups is 3. The fourth-order valence-electron chi connectivity index (χ4n) is 10.0. The molecule has 10 unspecified atom stereocenters. The van der Waals surface area contributed by atoms with Crippen molar-refractivity contribution < 1.29 is 20.1 Å². The molecule has 34 heavy (non-hydrogen) atoms. The second kappa shape index (κ2) is 8.15. The number of fused-ring (bicyclic) bond motifs is 5. The molecule has 0 aromatic heterocycles. The van der Waals surface area contributed by atoms with Crippen molar-refractivity contribution in [3.63, 3.8) is 0 Å². The van der Waals surface area contributed by atoms with Gasteiger partial charge in [-0.2, -0.15) is 0 Å². The minimum absolute atomic E-state index is 0.0374. The Morgan fingerprint density at radius 2 is 1.65 bits per heavy atom. The maximum atomic E-state index is 12.9. The van der Waals surface area contributed by atoms with E-state index in [-0.39, 0.29) is 52.1 Å². The van der Waals surface area contributed by atoms with Crippen LogP contribution in [-0.4, -0.2) is 38.9 Å². The van der Waals surface area contributed by atoms with Gasteiger partial charge in [0.2, 0.25) is 0 Å². The molecule has 4 nitrogen and oxygen atoms in total. The topological polar surface area (TPSA) is 77.8 Å². The van der Waals surface area contributed by atoms with Crippen LogP contribution in [0.15, 0.2) is 11.6 Å². The van der Waals surface area contributed by atoms with E-state index in [0.717, 1.165) is 38.5 Å². The van der Waals surface area contributed by atoms with Crippen molar-refractivity contribution in [2.45, 2.75) is 125 Å². The van der Waals surface area contributed by atoms with Gasteiger partial charge in [-0.1, -0.05) is 46.3 Å². The predicted molar refractivity (Wildman–Crippen MR) is 136 cm³/mol. The van der Waals surface area contributed by atoms with E-state index in [2.05, 4.69) is 54.5 Å². The zero-order valence-electron chi connectivity index (χ0n) is 22.9. The second-order valence-corrected chi connectivity index (χ2v) is 14.4. The normalized spacial score (nSPS) is 49.4.